The molecule has 6 heteroatoms. The van der Waals surface area contributed by atoms with E-state index in [1.165, 1.54) is 12.8 Å². The van der Waals surface area contributed by atoms with Crippen molar-refractivity contribution in [2.24, 2.45) is 11.7 Å². The van der Waals surface area contributed by atoms with Crippen LogP contribution >= 0.6 is 24.0 Å². The molecule has 0 saturated heterocycles. The summed E-state index contributed by atoms with van der Waals surface area (Å²) in [6.45, 7) is 0.794. The molecule has 21 heavy (non-hydrogen) atoms. The Labute approximate surface area is 135 Å². The number of benzene rings is 1. The van der Waals surface area contributed by atoms with Crippen LogP contribution in [-0.2, 0) is 4.79 Å². The zero-order valence-corrected chi connectivity index (χ0v) is 13.0. The van der Waals surface area contributed by atoms with E-state index in [0.717, 1.165) is 11.3 Å². The number of ether oxygens (including phenoxy) is 1. The molecule has 1 aromatic rings. The zero-order valence-electron chi connectivity index (χ0n) is 11.5. The SMILES string of the molecule is Cl.NC(CNC(=O)C1=Cc2cc(Cl)ccc2OC1)C1CC1. The predicted molar refractivity (Wildman–Crippen MR) is 85.9 cm³/mol. The number of hydrogen-bond donors (Lipinski definition) is 2. The van der Waals surface area contributed by atoms with Crippen molar-refractivity contribution in [1.82, 2.24) is 5.32 Å². The van der Waals surface area contributed by atoms with Gasteiger partial charge in [0.25, 0.3) is 5.91 Å². The summed E-state index contributed by atoms with van der Waals surface area (Å²) in [7, 11) is 0. The fourth-order valence-corrected chi connectivity index (χ4v) is 2.48. The highest BCUT2D eigenvalue weighted by Crippen LogP contribution is 2.31. The first kappa shape index (κ1) is 16.1. The molecule has 1 saturated carbocycles. The zero-order chi connectivity index (χ0) is 14.1. The van der Waals surface area contributed by atoms with E-state index in [1.807, 2.05) is 12.1 Å². The topological polar surface area (TPSA) is 64.3 Å². The van der Waals surface area contributed by atoms with Crippen LogP contribution in [0.2, 0.25) is 5.02 Å². The van der Waals surface area contributed by atoms with Gasteiger partial charge in [0.05, 0.1) is 5.57 Å². The third-order valence-electron chi connectivity index (χ3n) is 3.70. The summed E-state index contributed by atoms with van der Waals surface area (Å²) in [6.07, 6.45) is 4.17. The molecule has 1 aromatic carbocycles. The minimum Gasteiger partial charge on any atom is -0.488 e. The maximum atomic E-state index is 12.1. The van der Waals surface area contributed by atoms with Crippen LogP contribution < -0.4 is 15.8 Å². The third kappa shape index (κ3) is 3.90. The van der Waals surface area contributed by atoms with Gasteiger partial charge >= 0.3 is 0 Å². The van der Waals surface area contributed by atoms with E-state index in [1.54, 1.807) is 12.1 Å². The highest BCUT2D eigenvalue weighted by Gasteiger charge is 2.28. The second-order valence-corrected chi connectivity index (χ2v) is 5.79. The molecular weight excluding hydrogens is 311 g/mol. The molecule has 1 aliphatic carbocycles. The van der Waals surface area contributed by atoms with Gasteiger partial charge in [-0.15, -0.1) is 12.4 Å². The summed E-state index contributed by atoms with van der Waals surface area (Å²) in [5.74, 6) is 1.21. The van der Waals surface area contributed by atoms with Gasteiger partial charge in [-0.05, 0) is 43.0 Å². The van der Waals surface area contributed by atoms with Crippen LogP contribution in [0.25, 0.3) is 6.08 Å². The van der Waals surface area contributed by atoms with Gasteiger partial charge in [0.15, 0.2) is 0 Å². The van der Waals surface area contributed by atoms with Gasteiger partial charge in [0.2, 0.25) is 0 Å². The molecule has 1 atom stereocenters. The van der Waals surface area contributed by atoms with Gasteiger partial charge in [-0.2, -0.15) is 0 Å². The third-order valence-corrected chi connectivity index (χ3v) is 3.94. The summed E-state index contributed by atoms with van der Waals surface area (Å²) in [6, 6.07) is 5.43. The first-order valence-electron chi connectivity index (χ1n) is 6.80. The molecule has 1 aliphatic heterocycles. The van der Waals surface area contributed by atoms with Crippen LogP contribution in [0, 0.1) is 5.92 Å². The van der Waals surface area contributed by atoms with Gasteiger partial charge in [-0.25, -0.2) is 0 Å². The predicted octanol–water partition coefficient (Wildman–Crippen LogP) is 2.39. The Balaban J connectivity index is 0.00000161. The number of hydrogen-bond acceptors (Lipinski definition) is 3. The second kappa shape index (κ2) is 6.69. The highest BCUT2D eigenvalue weighted by molar-refractivity contribution is 6.30. The van der Waals surface area contributed by atoms with Crippen LogP contribution in [0.3, 0.4) is 0 Å². The van der Waals surface area contributed by atoms with Crippen LogP contribution in [0.1, 0.15) is 18.4 Å². The number of fused-ring (bicyclic) bond motifs is 1. The van der Waals surface area contributed by atoms with Crippen LogP contribution in [0.5, 0.6) is 5.75 Å². The molecule has 3 rings (SSSR count). The van der Waals surface area contributed by atoms with Crippen molar-refractivity contribution in [3.63, 3.8) is 0 Å². The van der Waals surface area contributed by atoms with Crippen molar-refractivity contribution in [2.75, 3.05) is 13.2 Å². The summed E-state index contributed by atoms with van der Waals surface area (Å²) in [5.41, 5.74) is 7.40. The summed E-state index contributed by atoms with van der Waals surface area (Å²) in [4.78, 5) is 12.1. The van der Waals surface area contributed by atoms with Gasteiger partial charge in [0.1, 0.15) is 12.4 Å². The molecule has 1 unspecified atom stereocenters. The lowest BCUT2D eigenvalue weighted by atomic mass is 10.1. The van der Waals surface area contributed by atoms with E-state index in [-0.39, 0.29) is 31.0 Å². The number of carbonyl (C=O) groups excluding carboxylic acids is 1. The van der Waals surface area contributed by atoms with E-state index in [2.05, 4.69) is 5.32 Å². The van der Waals surface area contributed by atoms with E-state index < -0.39 is 0 Å². The van der Waals surface area contributed by atoms with Crippen molar-refractivity contribution in [3.8, 4) is 5.75 Å². The average Bonchev–Trinajstić information content (AvgIpc) is 3.28. The molecule has 2 aliphatic rings. The normalized spacial score (nSPS) is 17.7. The van der Waals surface area contributed by atoms with Crippen molar-refractivity contribution in [3.05, 3.63) is 34.4 Å². The van der Waals surface area contributed by atoms with E-state index >= 15 is 0 Å². The molecule has 0 aromatic heterocycles. The minimum atomic E-state index is -0.119. The van der Waals surface area contributed by atoms with Crippen molar-refractivity contribution in [1.29, 1.82) is 0 Å². The Morgan fingerprint density at radius 3 is 2.95 bits per heavy atom. The smallest absolute Gasteiger partial charge is 0.250 e. The largest absolute Gasteiger partial charge is 0.488 e. The summed E-state index contributed by atoms with van der Waals surface area (Å²) in [5, 5.41) is 3.50. The lowest BCUT2D eigenvalue weighted by Gasteiger charge is -2.18. The maximum Gasteiger partial charge on any atom is 0.250 e. The van der Waals surface area contributed by atoms with E-state index in [4.69, 9.17) is 22.1 Å². The lowest BCUT2D eigenvalue weighted by Crippen LogP contribution is -2.40. The molecule has 4 nitrogen and oxygen atoms in total. The molecule has 0 radical (unpaired) electrons. The van der Waals surface area contributed by atoms with Gasteiger partial charge in [-0.1, -0.05) is 11.6 Å². The quantitative estimate of drug-likeness (QED) is 0.891. The number of rotatable bonds is 4. The van der Waals surface area contributed by atoms with Crippen molar-refractivity contribution < 1.29 is 9.53 Å². The van der Waals surface area contributed by atoms with E-state index in [9.17, 15) is 4.79 Å². The Bertz CT molecular complexity index is 571. The number of halogens is 2. The Kier molecular flexibility index (Phi) is 5.14. The average molecular weight is 329 g/mol. The number of nitrogens with two attached hydrogens (primary N) is 1. The molecule has 114 valence electrons. The molecule has 1 fully saturated rings. The number of amides is 1. The molecule has 1 amide bonds. The number of nitrogens with one attached hydrogen (secondary N) is 1. The monoisotopic (exact) mass is 328 g/mol. The van der Waals surface area contributed by atoms with Crippen LogP contribution in [-0.4, -0.2) is 25.1 Å². The Morgan fingerprint density at radius 1 is 1.48 bits per heavy atom. The lowest BCUT2D eigenvalue weighted by molar-refractivity contribution is -0.117. The Hall–Kier alpha value is -1.23. The van der Waals surface area contributed by atoms with Gasteiger partial charge < -0.3 is 15.8 Å². The Morgan fingerprint density at radius 2 is 2.24 bits per heavy atom. The molecule has 0 spiro atoms. The van der Waals surface area contributed by atoms with Crippen molar-refractivity contribution >= 4 is 36.0 Å². The van der Waals surface area contributed by atoms with Crippen LogP contribution in [0.15, 0.2) is 23.8 Å². The van der Waals surface area contributed by atoms with Gasteiger partial charge in [0, 0.05) is 23.2 Å². The summed E-state index contributed by atoms with van der Waals surface area (Å²) >= 11 is 5.95. The standard InChI is InChI=1S/C15H17ClN2O2.ClH/c16-12-3-4-14-10(6-12)5-11(8-20-14)15(19)18-7-13(17)9-1-2-9;/h3-6,9,13H,1-2,7-8,17H2,(H,18,19);1H. The highest BCUT2D eigenvalue weighted by atomic mass is 35.5. The first-order chi connectivity index (χ1) is 9.63. The maximum absolute atomic E-state index is 12.1. The van der Waals surface area contributed by atoms with Gasteiger partial charge in [-0.3, -0.25) is 4.79 Å². The van der Waals surface area contributed by atoms with Crippen molar-refractivity contribution in [2.45, 2.75) is 18.9 Å². The molecular formula is C15H18Cl2N2O2. The first-order valence-corrected chi connectivity index (χ1v) is 7.18. The second-order valence-electron chi connectivity index (χ2n) is 5.35. The fourth-order valence-electron chi connectivity index (χ4n) is 2.29. The van der Waals surface area contributed by atoms with Crippen LogP contribution in [0.4, 0.5) is 0 Å². The fraction of sp³-hybridized carbons (Fsp3) is 0.400. The summed E-state index contributed by atoms with van der Waals surface area (Å²) < 4.78 is 5.56. The number of carbonyl (C=O) groups is 1. The molecule has 1 heterocycles. The van der Waals surface area contributed by atoms with E-state index in [0.29, 0.717) is 23.1 Å². The molecule has 3 N–H and O–H groups in total. The molecule has 0 bridgehead atoms. The minimum absolute atomic E-state index is 0.